The summed E-state index contributed by atoms with van der Waals surface area (Å²) in [5.74, 6) is -0.0989. The van der Waals surface area contributed by atoms with Gasteiger partial charge in [0.25, 0.3) is 0 Å². The van der Waals surface area contributed by atoms with E-state index in [4.69, 9.17) is 27.9 Å². The largest absolute Gasteiger partial charge is 0.483 e. The number of halogens is 2. The van der Waals surface area contributed by atoms with Crippen molar-refractivity contribution in [2.24, 2.45) is 0 Å². The molecular weight excluding hydrogens is 577 g/mol. The average Bonchev–Trinajstić information content (AvgIpc) is 3.44. The number of anilines is 2. The molecule has 2 heterocycles. The molecule has 1 aliphatic carbocycles. The Morgan fingerprint density at radius 2 is 1.77 bits per heavy atom. The fourth-order valence-corrected chi connectivity index (χ4v) is 6.92. The number of nitrogens with one attached hydrogen (secondary N) is 1. The lowest BCUT2D eigenvalue weighted by molar-refractivity contribution is -0.114. The topological polar surface area (TPSA) is 114 Å². The van der Waals surface area contributed by atoms with E-state index in [0.29, 0.717) is 35.2 Å². The number of benzene rings is 2. The average molecular weight is 607 g/mol. The molecule has 0 atom stereocenters. The van der Waals surface area contributed by atoms with Crippen LogP contribution in [0.2, 0.25) is 10.0 Å². The molecule has 40 heavy (non-hydrogen) atoms. The quantitative estimate of drug-likeness (QED) is 0.426. The molecule has 212 valence electrons. The van der Waals surface area contributed by atoms with Crippen LogP contribution in [0.3, 0.4) is 0 Å². The van der Waals surface area contributed by atoms with Gasteiger partial charge in [-0.2, -0.15) is 14.1 Å². The highest BCUT2D eigenvalue weighted by Gasteiger charge is 2.32. The van der Waals surface area contributed by atoms with Gasteiger partial charge in [-0.25, -0.2) is 8.42 Å². The number of carbonyl (C=O) groups excluding carboxylic acids is 1. The van der Waals surface area contributed by atoms with Crippen molar-refractivity contribution in [1.29, 1.82) is 0 Å². The molecule has 1 amide bonds. The Hall–Kier alpha value is -3.12. The molecule has 1 aromatic heterocycles. The van der Waals surface area contributed by atoms with Crippen molar-refractivity contribution in [3.05, 3.63) is 69.1 Å². The van der Waals surface area contributed by atoms with Crippen LogP contribution < -0.4 is 20.5 Å². The van der Waals surface area contributed by atoms with Crippen molar-refractivity contribution in [2.75, 3.05) is 36.4 Å². The van der Waals surface area contributed by atoms with Gasteiger partial charge in [0.2, 0.25) is 21.7 Å². The minimum Gasteiger partial charge on any atom is -0.483 e. The van der Waals surface area contributed by atoms with Gasteiger partial charge in [-0.05, 0) is 62.1 Å². The molecule has 3 aromatic rings. The fourth-order valence-electron chi connectivity index (χ4n) is 5.00. The van der Waals surface area contributed by atoms with Crippen LogP contribution >= 0.6 is 23.2 Å². The molecule has 1 aliphatic heterocycles. The van der Waals surface area contributed by atoms with Gasteiger partial charge in [-0.1, -0.05) is 29.3 Å². The van der Waals surface area contributed by atoms with E-state index in [1.54, 1.807) is 30.5 Å². The molecule has 1 saturated heterocycles. The Balaban J connectivity index is 1.38. The van der Waals surface area contributed by atoms with Crippen molar-refractivity contribution >= 4 is 50.5 Å². The van der Waals surface area contributed by atoms with Crippen LogP contribution in [-0.4, -0.2) is 60.7 Å². The molecule has 0 spiro atoms. The third-order valence-electron chi connectivity index (χ3n) is 7.02. The zero-order chi connectivity index (χ0) is 28.4. The maximum Gasteiger partial charge on any atom is 0.316 e. The summed E-state index contributed by atoms with van der Waals surface area (Å²) in [6.45, 7) is 2.39. The fraction of sp³-hybridized carbons (Fsp3) is 0.370. The predicted octanol–water partition coefficient (Wildman–Crippen LogP) is 4.33. The van der Waals surface area contributed by atoms with Crippen molar-refractivity contribution in [2.45, 2.75) is 43.6 Å². The maximum absolute atomic E-state index is 13.6. The first kappa shape index (κ1) is 28.4. The Morgan fingerprint density at radius 1 is 1.05 bits per heavy atom. The van der Waals surface area contributed by atoms with E-state index < -0.39 is 15.6 Å². The highest BCUT2D eigenvalue weighted by atomic mass is 35.5. The zero-order valence-corrected chi connectivity index (χ0v) is 24.2. The molecule has 0 unspecified atom stereocenters. The minimum atomic E-state index is -3.83. The summed E-state index contributed by atoms with van der Waals surface area (Å²) in [6, 6.07) is 11.1. The standard InChI is InChI=1S/C27H29Cl2N5O5S/c1-18(35)31-24-10-9-22(16-23(24)29)40(37,38)33-13-11-32(12-14-33)25-17-30-34(20-6-4-5-19(28)15-20)27(36)26(25)39-21-7-2-3-8-21/h4-6,9-10,15-17,21H,2-3,7-8,11-14H2,1H3,(H,31,35). The number of hydrogen-bond donors (Lipinski definition) is 1. The Bertz CT molecular complexity index is 1580. The van der Waals surface area contributed by atoms with Gasteiger partial charge in [0, 0.05) is 38.1 Å². The summed E-state index contributed by atoms with van der Waals surface area (Å²) < 4.78 is 35.6. The molecule has 2 aromatic carbocycles. The van der Waals surface area contributed by atoms with E-state index in [9.17, 15) is 18.0 Å². The summed E-state index contributed by atoms with van der Waals surface area (Å²) in [7, 11) is -3.83. The first-order chi connectivity index (χ1) is 19.1. The maximum atomic E-state index is 13.6. The molecule has 2 fully saturated rings. The highest BCUT2D eigenvalue weighted by Crippen LogP contribution is 2.32. The van der Waals surface area contributed by atoms with Gasteiger partial charge in [0.15, 0.2) is 0 Å². The van der Waals surface area contributed by atoms with Crippen LogP contribution in [0.5, 0.6) is 5.75 Å². The Morgan fingerprint density at radius 3 is 2.42 bits per heavy atom. The molecule has 13 heteroatoms. The van der Waals surface area contributed by atoms with Crippen molar-refractivity contribution in [3.8, 4) is 11.4 Å². The Kier molecular flexibility index (Phi) is 8.37. The number of hydrogen-bond acceptors (Lipinski definition) is 7. The first-order valence-corrected chi connectivity index (χ1v) is 15.2. The summed E-state index contributed by atoms with van der Waals surface area (Å²) >= 11 is 12.4. The van der Waals surface area contributed by atoms with Gasteiger partial charge in [-0.3, -0.25) is 9.59 Å². The normalized spacial score (nSPS) is 16.7. The van der Waals surface area contributed by atoms with Crippen molar-refractivity contribution < 1.29 is 17.9 Å². The second-order valence-electron chi connectivity index (χ2n) is 9.79. The lowest BCUT2D eigenvalue weighted by Crippen LogP contribution is -2.49. The number of ether oxygens (including phenoxy) is 1. The number of carbonyl (C=O) groups is 1. The smallest absolute Gasteiger partial charge is 0.316 e. The highest BCUT2D eigenvalue weighted by molar-refractivity contribution is 7.89. The monoisotopic (exact) mass is 605 g/mol. The summed E-state index contributed by atoms with van der Waals surface area (Å²) in [5, 5.41) is 7.59. The molecular formula is C27H29Cl2N5O5S. The van der Waals surface area contributed by atoms with Gasteiger partial charge < -0.3 is 15.0 Å². The lowest BCUT2D eigenvalue weighted by Gasteiger charge is -2.36. The van der Waals surface area contributed by atoms with E-state index in [2.05, 4.69) is 10.4 Å². The van der Waals surface area contributed by atoms with Crippen LogP contribution in [-0.2, 0) is 14.8 Å². The number of nitrogens with zero attached hydrogens (tertiary/aromatic N) is 4. The zero-order valence-electron chi connectivity index (χ0n) is 21.8. The van der Waals surface area contributed by atoms with Gasteiger partial charge in [-0.15, -0.1) is 0 Å². The van der Waals surface area contributed by atoms with Crippen LogP contribution in [0, 0.1) is 0 Å². The van der Waals surface area contributed by atoms with Crippen molar-refractivity contribution in [3.63, 3.8) is 0 Å². The third kappa shape index (κ3) is 5.97. The van der Waals surface area contributed by atoms with Gasteiger partial charge >= 0.3 is 5.56 Å². The molecule has 1 saturated carbocycles. The van der Waals surface area contributed by atoms with Crippen LogP contribution in [0.15, 0.2) is 58.4 Å². The van der Waals surface area contributed by atoms with Crippen LogP contribution in [0.25, 0.3) is 5.69 Å². The number of sulfonamides is 1. The summed E-state index contributed by atoms with van der Waals surface area (Å²) in [4.78, 5) is 26.9. The molecule has 0 bridgehead atoms. The number of piperazine rings is 1. The van der Waals surface area contributed by atoms with E-state index >= 15 is 0 Å². The van der Waals surface area contributed by atoms with Crippen LogP contribution in [0.1, 0.15) is 32.6 Å². The van der Waals surface area contributed by atoms with E-state index in [1.807, 2.05) is 4.90 Å². The second-order valence-corrected chi connectivity index (χ2v) is 12.6. The van der Waals surface area contributed by atoms with Gasteiger partial charge in [0.1, 0.15) is 5.69 Å². The predicted molar refractivity (Wildman–Crippen MR) is 154 cm³/mol. The number of amides is 1. The first-order valence-electron chi connectivity index (χ1n) is 13.0. The summed E-state index contributed by atoms with van der Waals surface area (Å²) in [6.07, 6.45) is 5.35. The molecule has 2 aliphatic rings. The van der Waals surface area contributed by atoms with E-state index in [0.717, 1.165) is 25.7 Å². The SMILES string of the molecule is CC(=O)Nc1ccc(S(=O)(=O)N2CCN(c3cnn(-c4cccc(Cl)c4)c(=O)c3OC3CCCC3)CC2)cc1Cl. The molecule has 1 N–H and O–H groups in total. The summed E-state index contributed by atoms with van der Waals surface area (Å²) in [5.41, 5.74) is 1.01. The van der Waals surface area contributed by atoms with Crippen LogP contribution in [0.4, 0.5) is 11.4 Å². The molecule has 0 radical (unpaired) electrons. The molecule has 10 nitrogen and oxygen atoms in total. The second kappa shape index (κ2) is 11.8. The third-order valence-corrected chi connectivity index (χ3v) is 9.47. The number of rotatable bonds is 7. The number of aromatic nitrogens is 2. The molecule has 5 rings (SSSR count). The lowest BCUT2D eigenvalue weighted by atomic mass is 10.2. The minimum absolute atomic E-state index is 0.0380. The van der Waals surface area contributed by atoms with Gasteiger partial charge in [0.05, 0.1) is 33.6 Å². The Labute approximate surface area is 242 Å². The van der Waals surface area contributed by atoms with Crippen molar-refractivity contribution in [1.82, 2.24) is 14.1 Å². The van der Waals surface area contributed by atoms with E-state index in [-0.39, 0.29) is 40.8 Å². The van der Waals surface area contributed by atoms with E-state index in [1.165, 1.54) is 34.1 Å².